The minimum atomic E-state index is 0.251. The number of nitrogens with zero attached hydrogens (tertiary/aromatic N) is 3. The quantitative estimate of drug-likeness (QED) is 0.514. The lowest BCUT2D eigenvalue weighted by atomic mass is 10.4. The minimum absolute atomic E-state index is 0.251. The predicted octanol–water partition coefficient (Wildman–Crippen LogP) is 4.54. The largest absolute Gasteiger partial charge is 0.248 e. The summed E-state index contributed by atoms with van der Waals surface area (Å²) in [5.74, 6) is 0. The fraction of sp³-hybridized carbons (Fsp3) is 0. The van der Waals surface area contributed by atoms with Gasteiger partial charge in [-0.05, 0) is 46.9 Å². The molecule has 0 aliphatic heterocycles. The SMILES string of the molecule is Clc1ccc(Sc2nc(Cl)nc3sccc23)nc1. The van der Waals surface area contributed by atoms with Crippen LogP contribution in [-0.4, -0.2) is 15.0 Å². The molecule has 0 bridgehead atoms. The summed E-state index contributed by atoms with van der Waals surface area (Å²) in [7, 11) is 0. The second-order valence-electron chi connectivity index (χ2n) is 3.35. The molecule has 0 aliphatic rings. The van der Waals surface area contributed by atoms with E-state index in [0.29, 0.717) is 5.02 Å². The normalized spacial score (nSPS) is 11.0. The molecule has 0 saturated heterocycles. The van der Waals surface area contributed by atoms with Gasteiger partial charge in [0.1, 0.15) is 14.9 Å². The molecule has 0 aliphatic carbocycles. The topological polar surface area (TPSA) is 38.7 Å². The van der Waals surface area contributed by atoms with Gasteiger partial charge in [0.2, 0.25) is 5.28 Å². The third kappa shape index (κ3) is 2.44. The lowest BCUT2D eigenvalue weighted by molar-refractivity contribution is 1.08. The average molecular weight is 314 g/mol. The predicted molar refractivity (Wildman–Crippen MR) is 75.8 cm³/mol. The maximum absolute atomic E-state index is 5.90. The van der Waals surface area contributed by atoms with Crippen molar-refractivity contribution < 1.29 is 0 Å². The molecule has 0 aromatic carbocycles. The first-order valence-electron chi connectivity index (χ1n) is 4.92. The van der Waals surface area contributed by atoms with Crippen LogP contribution in [0.4, 0.5) is 0 Å². The number of hydrogen-bond acceptors (Lipinski definition) is 5. The molecule has 3 rings (SSSR count). The molecule has 0 saturated carbocycles. The molecular formula is C11H5Cl2N3S2. The number of hydrogen-bond donors (Lipinski definition) is 0. The van der Waals surface area contributed by atoms with E-state index in [4.69, 9.17) is 23.2 Å². The highest BCUT2D eigenvalue weighted by atomic mass is 35.5. The molecule has 0 unspecified atom stereocenters. The number of rotatable bonds is 2. The van der Waals surface area contributed by atoms with Crippen LogP contribution in [0.15, 0.2) is 39.8 Å². The van der Waals surface area contributed by atoms with Crippen molar-refractivity contribution >= 4 is 56.5 Å². The van der Waals surface area contributed by atoms with Crippen LogP contribution in [0.3, 0.4) is 0 Å². The van der Waals surface area contributed by atoms with Crippen molar-refractivity contribution in [3.8, 4) is 0 Å². The molecule has 0 amide bonds. The molecule has 7 heteroatoms. The van der Waals surface area contributed by atoms with E-state index in [-0.39, 0.29) is 5.28 Å². The van der Waals surface area contributed by atoms with Crippen LogP contribution in [0.25, 0.3) is 10.2 Å². The van der Waals surface area contributed by atoms with Crippen LogP contribution in [0.2, 0.25) is 10.3 Å². The maximum atomic E-state index is 5.90. The number of fused-ring (bicyclic) bond motifs is 1. The Labute approximate surface area is 121 Å². The van der Waals surface area contributed by atoms with E-state index < -0.39 is 0 Å². The minimum Gasteiger partial charge on any atom is -0.248 e. The summed E-state index contributed by atoms with van der Waals surface area (Å²) in [6.45, 7) is 0. The summed E-state index contributed by atoms with van der Waals surface area (Å²) in [5, 5.41) is 5.45. The van der Waals surface area contributed by atoms with Crippen LogP contribution < -0.4 is 0 Å². The molecule has 0 N–H and O–H groups in total. The highest BCUT2D eigenvalue weighted by Gasteiger charge is 2.10. The van der Waals surface area contributed by atoms with Crippen molar-refractivity contribution in [1.29, 1.82) is 0 Å². The Morgan fingerprint density at radius 3 is 2.78 bits per heavy atom. The van der Waals surface area contributed by atoms with Crippen molar-refractivity contribution in [3.05, 3.63) is 40.1 Å². The van der Waals surface area contributed by atoms with Crippen LogP contribution in [0.5, 0.6) is 0 Å². The van der Waals surface area contributed by atoms with Gasteiger partial charge in [-0.1, -0.05) is 11.6 Å². The van der Waals surface area contributed by atoms with E-state index in [0.717, 1.165) is 20.3 Å². The zero-order valence-corrected chi connectivity index (χ0v) is 11.9. The Balaban J connectivity index is 2.03. The van der Waals surface area contributed by atoms with Crippen LogP contribution in [-0.2, 0) is 0 Å². The van der Waals surface area contributed by atoms with Crippen molar-refractivity contribution in [1.82, 2.24) is 15.0 Å². The standard InChI is InChI=1S/C11H5Cl2N3S2/c12-6-1-2-8(14-5-6)18-10-7-3-4-17-9(7)15-11(13)16-10/h1-5H. The Morgan fingerprint density at radius 1 is 1.11 bits per heavy atom. The number of thiophene rings is 1. The van der Waals surface area contributed by atoms with Crippen LogP contribution >= 0.6 is 46.3 Å². The fourth-order valence-corrected chi connectivity index (χ4v) is 3.46. The Bertz CT molecular complexity index is 697. The lowest BCUT2D eigenvalue weighted by Gasteiger charge is -2.02. The highest BCUT2D eigenvalue weighted by Crippen LogP contribution is 2.33. The van der Waals surface area contributed by atoms with Gasteiger partial charge in [0.05, 0.1) is 5.02 Å². The molecular weight excluding hydrogens is 309 g/mol. The van der Waals surface area contributed by atoms with Gasteiger partial charge >= 0.3 is 0 Å². The van der Waals surface area contributed by atoms with Crippen molar-refractivity contribution in [2.45, 2.75) is 10.1 Å². The van der Waals surface area contributed by atoms with Gasteiger partial charge in [-0.25, -0.2) is 15.0 Å². The summed E-state index contributed by atoms with van der Waals surface area (Å²) in [6.07, 6.45) is 1.61. The molecule has 3 aromatic heterocycles. The lowest BCUT2D eigenvalue weighted by Crippen LogP contribution is -1.87. The highest BCUT2D eigenvalue weighted by molar-refractivity contribution is 7.99. The number of aromatic nitrogens is 3. The smallest absolute Gasteiger partial charge is 0.224 e. The summed E-state index contributed by atoms with van der Waals surface area (Å²) < 4.78 is 0. The van der Waals surface area contributed by atoms with E-state index in [9.17, 15) is 0 Å². The maximum Gasteiger partial charge on any atom is 0.224 e. The molecule has 3 nitrogen and oxygen atoms in total. The monoisotopic (exact) mass is 313 g/mol. The summed E-state index contributed by atoms with van der Waals surface area (Å²) in [4.78, 5) is 13.5. The van der Waals surface area contributed by atoms with Crippen molar-refractivity contribution in [2.75, 3.05) is 0 Å². The zero-order chi connectivity index (χ0) is 12.5. The number of pyridine rings is 1. The van der Waals surface area contributed by atoms with E-state index in [2.05, 4.69) is 15.0 Å². The first kappa shape index (κ1) is 12.2. The molecule has 0 spiro atoms. The third-order valence-electron chi connectivity index (χ3n) is 2.16. The van der Waals surface area contributed by atoms with Crippen molar-refractivity contribution in [3.63, 3.8) is 0 Å². The molecule has 18 heavy (non-hydrogen) atoms. The van der Waals surface area contributed by atoms with Gasteiger partial charge in [0, 0.05) is 11.6 Å². The van der Waals surface area contributed by atoms with E-state index in [1.165, 1.54) is 23.1 Å². The molecule has 0 fully saturated rings. The van der Waals surface area contributed by atoms with Gasteiger partial charge < -0.3 is 0 Å². The van der Waals surface area contributed by atoms with Gasteiger partial charge in [-0.2, -0.15) is 0 Å². The molecule has 0 radical (unpaired) electrons. The van der Waals surface area contributed by atoms with E-state index in [1.807, 2.05) is 17.5 Å². The van der Waals surface area contributed by atoms with Crippen LogP contribution in [0, 0.1) is 0 Å². The van der Waals surface area contributed by atoms with E-state index >= 15 is 0 Å². The molecule has 3 heterocycles. The first-order valence-corrected chi connectivity index (χ1v) is 7.38. The first-order chi connectivity index (χ1) is 8.72. The Hall–Kier alpha value is -0.880. The van der Waals surface area contributed by atoms with Gasteiger partial charge in [0.25, 0.3) is 0 Å². The molecule has 3 aromatic rings. The fourth-order valence-electron chi connectivity index (χ4n) is 1.40. The summed E-state index contributed by atoms with van der Waals surface area (Å²) in [6, 6.07) is 5.63. The van der Waals surface area contributed by atoms with Gasteiger partial charge in [0.15, 0.2) is 0 Å². The zero-order valence-electron chi connectivity index (χ0n) is 8.80. The van der Waals surface area contributed by atoms with E-state index in [1.54, 1.807) is 12.3 Å². The third-order valence-corrected chi connectivity index (χ3v) is 4.32. The summed E-state index contributed by atoms with van der Waals surface area (Å²) in [5.41, 5.74) is 0. The van der Waals surface area contributed by atoms with Crippen molar-refractivity contribution in [2.24, 2.45) is 0 Å². The van der Waals surface area contributed by atoms with Gasteiger partial charge in [-0.15, -0.1) is 11.3 Å². The second kappa shape index (κ2) is 5.01. The molecule has 90 valence electrons. The summed E-state index contributed by atoms with van der Waals surface area (Å²) >= 11 is 14.7. The van der Waals surface area contributed by atoms with Gasteiger partial charge in [-0.3, -0.25) is 0 Å². The average Bonchev–Trinajstić information content (AvgIpc) is 2.80. The Kier molecular flexibility index (Phi) is 3.39. The Morgan fingerprint density at radius 2 is 2.00 bits per heavy atom. The second-order valence-corrected chi connectivity index (χ2v) is 6.03. The van der Waals surface area contributed by atoms with Crippen LogP contribution in [0.1, 0.15) is 0 Å². The number of halogens is 2. The molecule has 0 atom stereocenters.